The van der Waals surface area contributed by atoms with Gasteiger partial charge >= 0.3 is 0 Å². The minimum absolute atomic E-state index is 0.0177. The van der Waals surface area contributed by atoms with E-state index >= 15 is 0 Å². The molecule has 0 bridgehead atoms. The SMILES string of the molecule is CN(C)Cc1ccc(C(=O)Cc2ncc3ccc(-c4cnn(C)c4)cc3n2)cc1. The summed E-state index contributed by atoms with van der Waals surface area (Å²) in [6.45, 7) is 0.849. The Labute approximate surface area is 169 Å². The summed E-state index contributed by atoms with van der Waals surface area (Å²) in [6.07, 6.45) is 5.75. The predicted molar refractivity (Wildman–Crippen MR) is 114 cm³/mol. The van der Waals surface area contributed by atoms with E-state index in [1.54, 1.807) is 10.9 Å². The van der Waals surface area contributed by atoms with Crippen LogP contribution >= 0.6 is 0 Å². The molecule has 0 N–H and O–H groups in total. The van der Waals surface area contributed by atoms with Gasteiger partial charge in [0.2, 0.25) is 0 Å². The lowest BCUT2D eigenvalue weighted by atomic mass is 10.0. The van der Waals surface area contributed by atoms with Gasteiger partial charge in [-0.1, -0.05) is 36.4 Å². The Hall–Kier alpha value is -3.38. The first-order valence-electron chi connectivity index (χ1n) is 9.49. The molecule has 2 heterocycles. The second kappa shape index (κ2) is 7.93. The molecule has 0 spiro atoms. The first kappa shape index (κ1) is 19.0. The van der Waals surface area contributed by atoms with Crippen molar-refractivity contribution in [2.75, 3.05) is 14.1 Å². The third-order valence-corrected chi connectivity index (χ3v) is 4.76. The van der Waals surface area contributed by atoms with Crippen LogP contribution in [0.25, 0.3) is 22.0 Å². The maximum atomic E-state index is 12.7. The zero-order valence-electron chi connectivity index (χ0n) is 16.8. The zero-order chi connectivity index (χ0) is 20.4. The third kappa shape index (κ3) is 4.38. The number of aromatic nitrogens is 4. The predicted octanol–water partition coefficient (Wildman–Crippen LogP) is 3.52. The van der Waals surface area contributed by atoms with Gasteiger partial charge in [-0.3, -0.25) is 9.48 Å². The maximum Gasteiger partial charge on any atom is 0.170 e. The van der Waals surface area contributed by atoms with Crippen LogP contribution in [-0.2, 0) is 20.0 Å². The summed E-state index contributed by atoms with van der Waals surface area (Å²) in [5.41, 5.74) is 4.75. The molecule has 0 radical (unpaired) electrons. The number of ketones is 1. The normalized spacial score (nSPS) is 11.3. The summed E-state index contributed by atoms with van der Waals surface area (Å²) < 4.78 is 1.77. The van der Waals surface area contributed by atoms with Crippen molar-refractivity contribution in [3.63, 3.8) is 0 Å². The van der Waals surface area contributed by atoms with Gasteiger partial charge in [0, 0.05) is 42.5 Å². The first-order chi connectivity index (χ1) is 14.0. The van der Waals surface area contributed by atoms with Crippen LogP contribution in [0.2, 0.25) is 0 Å². The molecule has 146 valence electrons. The number of fused-ring (bicyclic) bond motifs is 1. The number of hydrogen-bond acceptors (Lipinski definition) is 5. The van der Waals surface area contributed by atoms with Gasteiger partial charge in [-0.05, 0) is 31.3 Å². The van der Waals surface area contributed by atoms with E-state index in [0.717, 1.165) is 28.6 Å². The molecule has 0 saturated carbocycles. The fourth-order valence-electron chi connectivity index (χ4n) is 3.30. The van der Waals surface area contributed by atoms with Crippen molar-refractivity contribution in [1.29, 1.82) is 0 Å². The lowest BCUT2D eigenvalue weighted by Gasteiger charge is -2.09. The number of hydrogen-bond donors (Lipinski definition) is 0. The van der Waals surface area contributed by atoms with Crippen LogP contribution in [0.15, 0.2) is 61.1 Å². The van der Waals surface area contributed by atoms with E-state index < -0.39 is 0 Å². The summed E-state index contributed by atoms with van der Waals surface area (Å²) >= 11 is 0. The van der Waals surface area contributed by atoms with Crippen molar-refractivity contribution in [2.45, 2.75) is 13.0 Å². The van der Waals surface area contributed by atoms with Crippen LogP contribution in [0.3, 0.4) is 0 Å². The zero-order valence-corrected chi connectivity index (χ0v) is 16.8. The minimum atomic E-state index is 0.0177. The lowest BCUT2D eigenvalue weighted by molar-refractivity contribution is 0.0991. The van der Waals surface area contributed by atoms with E-state index in [1.807, 2.05) is 76.0 Å². The monoisotopic (exact) mass is 385 g/mol. The molecule has 2 aromatic heterocycles. The van der Waals surface area contributed by atoms with Gasteiger partial charge < -0.3 is 4.90 Å². The molecule has 0 aliphatic carbocycles. The quantitative estimate of drug-likeness (QED) is 0.475. The number of aryl methyl sites for hydroxylation is 1. The van der Waals surface area contributed by atoms with Crippen molar-refractivity contribution < 1.29 is 4.79 Å². The molecule has 0 saturated heterocycles. The molecular formula is C23H23N5O. The summed E-state index contributed by atoms with van der Waals surface area (Å²) in [5, 5.41) is 5.17. The smallest absolute Gasteiger partial charge is 0.170 e. The Kier molecular flexibility index (Phi) is 5.18. The molecule has 0 fully saturated rings. The highest BCUT2D eigenvalue weighted by molar-refractivity contribution is 5.97. The van der Waals surface area contributed by atoms with E-state index in [-0.39, 0.29) is 12.2 Å². The van der Waals surface area contributed by atoms with Crippen LogP contribution in [-0.4, -0.2) is 44.5 Å². The molecule has 2 aromatic carbocycles. The summed E-state index contributed by atoms with van der Waals surface area (Å²) in [7, 11) is 5.94. The second-order valence-electron chi connectivity index (χ2n) is 7.50. The molecule has 6 heteroatoms. The number of nitrogens with zero attached hydrogens (tertiary/aromatic N) is 5. The molecule has 0 atom stereocenters. The Morgan fingerprint density at radius 2 is 1.83 bits per heavy atom. The number of carbonyl (C=O) groups is 1. The molecular weight excluding hydrogens is 362 g/mol. The van der Waals surface area contributed by atoms with Gasteiger partial charge in [0.05, 0.1) is 18.1 Å². The van der Waals surface area contributed by atoms with E-state index in [4.69, 9.17) is 0 Å². The van der Waals surface area contributed by atoms with Gasteiger partial charge in [-0.25, -0.2) is 9.97 Å². The van der Waals surface area contributed by atoms with Crippen molar-refractivity contribution >= 4 is 16.7 Å². The second-order valence-corrected chi connectivity index (χ2v) is 7.50. The third-order valence-electron chi connectivity index (χ3n) is 4.76. The van der Waals surface area contributed by atoms with Crippen LogP contribution in [0.5, 0.6) is 0 Å². The molecule has 0 unspecified atom stereocenters. The van der Waals surface area contributed by atoms with E-state index in [2.05, 4.69) is 20.0 Å². The molecule has 4 aromatic rings. The number of benzene rings is 2. The van der Waals surface area contributed by atoms with Gasteiger partial charge in [-0.2, -0.15) is 5.10 Å². The molecule has 0 aliphatic heterocycles. The number of rotatable bonds is 6. The van der Waals surface area contributed by atoms with E-state index in [9.17, 15) is 4.79 Å². The molecule has 0 amide bonds. The molecule has 29 heavy (non-hydrogen) atoms. The van der Waals surface area contributed by atoms with E-state index in [1.165, 1.54) is 5.56 Å². The average molecular weight is 385 g/mol. The largest absolute Gasteiger partial charge is 0.305 e. The standard InChI is InChI=1S/C23H23N5O/c1-27(2)14-16-4-6-17(7-5-16)22(29)11-23-24-12-19-9-8-18(10-21(19)26-23)20-13-25-28(3)15-20/h4-10,12-13,15H,11,14H2,1-3H3. The molecule has 6 nitrogen and oxygen atoms in total. The molecule has 4 rings (SSSR count). The lowest BCUT2D eigenvalue weighted by Crippen LogP contribution is -2.11. The van der Waals surface area contributed by atoms with Crippen molar-refractivity contribution in [3.05, 3.63) is 78.0 Å². The fourth-order valence-corrected chi connectivity index (χ4v) is 3.30. The number of Topliss-reactive ketones (excluding diaryl/α,β-unsaturated/α-hetero) is 1. The van der Waals surface area contributed by atoms with E-state index in [0.29, 0.717) is 11.4 Å². The molecule has 0 aliphatic rings. The highest BCUT2D eigenvalue weighted by Gasteiger charge is 2.11. The Bertz CT molecular complexity index is 1160. The van der Waals surface area contributed by atoms with Crippen LogP contribution < -0.4 is 0 Å². The maximum absolute atomic E-state index is 12.7. The fraction of sp³-hybridized carbons (Fsp3) is 0.217. The van der Waals surface area contributed by atoms with Crippen LogP contribution in [0, 0.1) is 0 Å². The van der Waals surface area contributed by atoms with Gasteiger partial charge in [-0.15, -0.1) is 0 Å². The Morgan fingerprint density at radius 1 is 1.03 bits per heavy atom. The summed E-state index contributed by atoms with van der Waals surface area (Å²) in [5.74, 6) is 0.548. The van der Waals surface area contributed by atoms with Crippen molar-refractivity contribution in [3.8, 4) is 11.1 Å². The summed E-state index contributed by atoms with van der Waals surface area (Å²) in [4.78, 5) is 23.8. The summed E-state index contributed by atoms with van der Waals surface area (Å²) in [6, 6.07) is 13.8. The highest BCUT2D eigenvalue weighted by Crippen LogP contribution is 2.23. The van der Waals surface area contributed by atoms with Crippen LogP contribution in [0.4, 0.5) is 0 Å². The van der Waals surface area contributed by atoms with Crippen LogP contribution in [0.1, 0.15) is 21.7 Å². The first-order valence-corrected chi connectivity index (χ1v) is 9.49. The van der Waals surface area contributed by atoms with Crippen molar-refractivity contribution in [2.24, 2.45) is 7.05 Å². The van der Waals surface area contributed by atoms with Crippen molar-refractivity contribution in [1.82, 2.24) is 24.6 Å². The minimum Gasteiger partial charge on any atom is -0.305 e. The topological polar surface area (TPSA) is 63.9 Å². The van der Waals surface area contributed by atoms with Gasteiger partial charge in [0.15, 0.2) is 5.78 Å². The Balaban J connectivity index is 1.55. The number of carbonyl (C=O) groups excluding carboxylic acids is 1. The van der Waals surface area contributed by atoms with Gasteiger partial charge in [0.1, 0.15) is 5.82 Å². The highest BCUT2D eigenvalue weighted by atomic mass is 16.1. The van der Waals surface area contributed by atoms with Gasteiger partial charge in [0.25, 0.3) is 0 Å². The Morgan fingerprint density at radius 3 is 2.52 bits per heavy atom. The average Bonchev–Trinajstić information content (AvgIpc) is 3.14.